The van der Waals surface area contributed by atoms with Crippen LogP contribution >= 0.6 is 0 Å². The highest BCUT2D eigenvalue weighted by Crippen LogP contribution is 2.24. The van der Waals surface area contributed by atoms with E-state index in [4.69, 9.17) is 0 Å². The van der Waals surface area contributed by atoms with Crippen molar-refractivity contribution in [1.82, 2.24) is 0 Å². The molecule has 0 aliphatic carbocycles. The van der Waals surface area contributed by atoms with Gasteiger partial charge in [0.05, 0.1) is 4.92 Å². The van der Waals surface area contributed by atoms with Crippen LogP contribution in [0.2, 0.25) is 0 Å². The standard InChI is InChI=1S/C10H12NO2/c1-3-8-6-5-7-9(4-2)10(8)11(12)13/h6-7H,3-4H2,1-2H3. The lowest BCUT2D eigenvalue weighted by molar-refractivity contribution is -0.386. The van der Waals surface area contributed by atoms with Crippen molar-refractivity contribution in [2.24, 2.45) is 0 Å². The van der Waals surface area contributed by atoms with Gasteiger partial charge in [0.1, 0.15) is 0 Å². The molecule has 1 aromatic rings. The van der Waals surface area contributed by atoms with Crippen LogP contribution in [0.1, 0.15) is 25.0 Å². The Bertz CT molecular complexity index is 298. The highest BCUT2D eigenvalue weighted by atomic mass is 16.6. The molecule has 0 fully saturated rings. The lowest BCUT2D eigenvalue weighted by Gasteiger charge is -2.03. The average Bonchev–Trinajstić information content (AvgIpc) is 2.16. The summed E-state index contributed by atoms with van der Waals surface area (Å²) in [4.78, 5) is 10.5. The number of aryl methyl sites for hydroxylation is 2. The lowest BCUT2D eigenvalue weighted by Crippen LogP contribution is -1.98. The van der Waals surface area contributed by atoms with Crippen LogP contribution in [0.5, 0.6) is 0 Å². The number of hydrogen-bond donors (Lipinski definition) is 0. The molecule has 69 valence electrons. The van der Waals surface area contributed by atoms with Crippen LogP contribution in [0.4, 0.5) is 5.69 Å². The first kappa shape index (κ1) is 9.71. The third-order valence-electron chi connectivity index (χ3n) is 2.07. The predicted octanol–water partition coefficient (Wildman–Crippen LogP) is 2.52. The van der Waals surface area contributed by atoms with Crippen molar-refractivity contribution in [3.63, 3.8) is 0 Å². The highest BCUT2D eigenvalue weighted by Gasteiger charge is 2.16. The van der Waals surface area contributed by atoms with Gasteiger partial charge in [-0.2, -0.15) is 0 Å². The van der Waals surface area contributed by atoms with Gasteiger partial charge in [0.15, 0.2) is 0 Å². The molecule has 0 bridgehead atoms. The normalized spacial score (nSPS) is 10.0. The second kappa shape index (κ2) is 4.03. The minimum atomic E-state index is -0.300. The van der Waals surface area contributed by atoms with Gasteiger partial charge in [-0.05, 0) is 31.0 Å². The zero-order valence-corrected chi connectivity index (χ0v) is 7.83. The molecule has 3 nitrogen and oxygen atoms in total. The van der Waals surface area contributed by atoms with E-state index in [9.17, 15) is 10.1 Å². The van der Waals surface area contributed by atoms with Gasteiger partial charge >= 0.3 is 0 Å². The number of nitro benzene ring substituents is 1. The van der Waals surface area contributed by atoms with Crippen molar-refractivity contribution >= 4 is 5.69 Å². The van der Waals surface area contributed by atoms with E-state index in [0.717, 1.165) is 11.1 Å². The largest absolute Gasteiger partial charge is 0.275 e. The smallest absolute Gasteiger partial charge is 0.258 e. The van der Waals surface area contributed by atoms with E-state index in [1.807, 2.05) is 13.8 Å². The third-order valence-corrected chi connectivity index (χ3v) is 2.07. The molecular weight excluding hydrogens is 166 g/mol. The molecule has 0 N–H and O–H groups in total. The Labute approximate surface area is 77.5 Å². The van der Waals surface area contributed by atoms with Gasteiger partial charge in [-0.25, -0.2) is 0 Å². The highest BCUT2D eigenvalue weighted by molar-refractivity contribution is 5.47. The molecule has 0 heterocycles. The first-order chi connectivity index (χ1) is 6.20. The SMILES string of the molecule is CCc1c[c]cc(CC)c1[N+](=O)[O-]. The van der Waals surface area contributed by atoms with E-state index < -0.39 is 0 Å². The van der Waals surface area contributed by atoms with E-state index in [1.54, 1.807) is 12.1 Å². The maximum absolute atomic E-state index is 10.8. The van der Waals surface area contributed by atoms with Gasteiger partial charge in [-0.15, -0.1) is 0 Å². The molecule has 0 spiro atoms. The Morgan fingerprint density at radius 1 is 1.31 bits per heavy atom. The topological polar surface area (TPSA) is 43.1 Å². The maximum atomic E-state index is 10.8. The van der Waals surface area contributed by atoms with Crippen LogP contribution in [-0.4, -0.2) is 4.92 Å². The van der Waals surface area contributed by atoms with E-state index in [1.165, 1.54) is 0 Å². The molecule has 0 atom stereocenters. The van der Waals surface area contributed by atoms with Gasteiger partial charge < -0.3 is 0 Å². The van der Waals surface area contributed by atoms with Crippen LogP contribution in [0.3, 0.4) is 0 Å². The third kappa shape index (κ3) is 1.86. The zero-order chi connectivity index (χ0) is 9.84. The summed E-state index contributed by atoms with van der Waals surface area (Å²) in [5.74, 6) is 0. The Morgan fingerprint density at radius 2 is 1.77 bits per heavy atom. The number of rotatable bonds is 3. The minimum Gasteiger partial charge on any atom is -0.258 e. The Hall–Kier alpha value is -1.38. The first-order valence-electron chi connectivity index (χ1n) is 4.36. The monoisotopic (exact) mass is 178 g/mol. The molecule has 0 saturated heterocycles. The fourth-order valence-electron chi connectivity index (χ4n) is 1.36. The van der Waals surface area contributed by atoms with E-state index in [-0.39, 0.29) is 10.6 Å². The molecule has 0 aliphatic heterocycles. The quantitative estimate of drug-likeness (QED) is 0.527. The minimum absolute atomic E-state index is 0.267. The molecule has 1 radical (unpaired) electrons. The van der Waals surface area contributed by atoms with Crippen molar-refractivity contribution in [3.05, 3.63) is 39.4 Å². The Morgan fingerprint density at radius 3 is 2.08 bits per heavy atom. The maximum Gasteiger partial charge on any atom is 0.275 e. The van der Waals surface area contributed by atoms with E-state index in [2.05, 4.69) is 6.07 Å². The van der Waals surface area contributed by atoms with E-state index >= 15 is 0 Å². The molecular formula is C10H12NO2. The summed E-state index contributed by atoms with van der Waals surface area (Å²) in [7, 11) is 0. The lowest BCUT2D eigenvalue weighted by atomic mass is 10.0. The molecule has 1 aromatic carbocycles. The summed E-state index contributed by atoms with van der Waals surface area (Å²) in [5, 5.41) is 10.8. The van der Waals surface area contributed by atoms with Gasteiger partial charge in [0.25, 0.3) is 5.69 Å². The zero-order valence-electron chi connectivity index (χ0n) is 7.83. The summed E-state index contributed by atoms with van der Waals surface area (Å²) < 4.78 is 0. The average molecular weight is 178 g/mol. The summed E-state index contributed by atoms with van der Waals surface area (Å²) in [6.07, 6.45) is 1.36. The molecule has 0 aromatic heterocycles. The molecule has 0 unspecified atom stereocenters. The summed E-state index contributed by atoms with van der Waals surface area (Å²) in [6.45, 7) is 3.82. The number of hydrogen-bond acceptors (Lipinski definition) is 2. The van der Waals surface area contributed by atoms with Crippen LogP contribution in [-0.2, 0) is 12.8 Å². The predicted molar refractivity (Wildman–Crippen MR) is 50.7 cm³/mol. The second-order valence-electron chi connectivity index (χ2n) is 2.82. The fraction of sp³-hybridized carbons (Fsp3) is 0.400. The van der Waals surface area contributed by atoms with Gasteiger partial charge in [0, 0.05) is 11.1 Å². The molecule has 1 rings (SSSR count). The van der Waals surface area contributed by atoms with Crippen molar-refractivity contribution in [2.75, 3.05) is 0 Å². The first-order valence-corrected chi connectivity index (χ1v) is 4.36. The fourth-order valence-corrected chi connectivity index (χ4v) is 1.36. The Balaban J connectivity index is 3.29. The molecule has 13 heavy (non-hydrogen) atoms. The van der Waals surface area contributed by atoms with Gasteiger partial charge in [-0.1, -0.05) is 13.8 Å². The van der Waals surface area contributed by atoms with Crippen molar-refractivity contribution in [1.29, 1.82) is 0 Å². The van der Waals surface area contributed by atoms with E-state index in [0.29, 0.717) is 12.8 Å². The number of benzene rings is 1. The summed E-state index contributed by atoms with van der Waals surface area (Å²) in [5.41, 5.74) is 1.80. The summed E-state index contributed by atoms with van der Waals surface area (Å²) >= 11 is 0. The van der Waals surface area contributed by atoms with Crippen molar-refractivity contribution in [2.45, 2.75) is 26.7 Å². The van der Waals surface area contributed by atoms with Gasteiger partial charge in [0.2, 0.25) is 0 Å². The Kier molecular flexibility index (Phi) is 3.01. The van der Waals surface area contributed by atoms with Crippen LogP contribution < -0.4 is 0 Å². The summed E-state index contributed by atoms with van der Waals surface area (Å²) in [6, 6.07) is 6.31. The second-order valence-corrected chi connectivity index (χ2v) is 2.82. The van der Waals surface area contributed by atoms with Crippen molar-refractivity contribution in [3.8, 4) is 0 Å². The number of nitrogens with zero attached hydrogens (tertiary/aromatic N) is 1. The molecule has 0 saturated carbocycles. The van der Waals surface area contributed by atoms with Gasteiger partial charge in [-0.3, -0.25) is 10.1 Å². The molecule has 3 heteroatoms. The van der Waals surface area contributed by atoms with Crippen LogP contribution in [0, 0.1) is 16.2 Å². The van der Waals surface area contributed by atoms with Crippen LogP contribution in [0.25, 0.3) is 0 Å². The number of nitro groups is 1. The van der Waals surface area contributed by atoms with Crippen LogP contribution in [0.15, 0.2) is 12.1 Å². The molecule has 0 amide bonds. The van der Waals surface area contributed by atoms with Crippen molar-refractivity contribution < 1.29 is 4.92 Å². The molecule has 0 aliphatic rings.